The Bertz CT molecular complexity index is 1590. The number of halogens is 1. The minimum atomic E-state index is -4.10. The number of sulfonamides is 2. The molecule has 0 radical (unpaired) electrons. The molecule has 0 aliphatic carbocycles. The molecule has 4 aromatic rings. The molecule has 4 rings (SSSR count). The predicted octanol–water partition coefficient (Wildman–Crippen LogP) is 4.74. The molecule has 2 N–H and O–H groups in total. The third-order valence-electron chi connectivity index (χ3n) is 5.11. The Labute approximate surface area is 223 Å². The van der Waals surface area contributed by atoms with Gasteiger partial charge in [0.1, 0.15) is 6.54 Å². The highest BCUT2D eigenvalue weighted by molar-refractivity contribution is 7.93. The van der Waals surface area contributed by atoms with Gasteiger partial charge in [-0.1, -0.05) is 29.3 Å². The maximum atomic E-state index is 13.4. The molecule has 1 heterocycles. The van der Waals surface area contributed by atoms with Gasteiger partial charge in [-0.05, 0) is 67.6 Å². The molecular weight excluding hydrogens is 556 g/mol. The maximum Gasteiger partial charge on any atom is 0.264 e. The third kappa shape index (κ3) is 6.46. The molecule has 37 heavy (non-hydrogen) atoms. The molecule has 0 fully saturated rings. The predicted molar refractivity (Wildman–Crippen MR) is 145 cm³/mol. The summed E-state index contributed by atoms with van der Waals surface area (Å²) in [5.41, 5.74) is 1.53. The van der Waals surface area contributed by atoms with E-state index in [0.29, 0.717) is 16.4 Å². The average molecular weight is 577 g/mol. The normalized spacial score (nSPS) is 11.6. The molecule has 13 heteroatoms. The van der Waals surface area contributed by atoms with Gasteiger partial charge in [-0.25, -0.2) is 21.8 Å². The summed E-state index contributed by atoms with van der Waals surface area (Å²) in [6.07, 6.45) is 1.48. The minimum absolute atomic E-state index is 0.0208. The van der Waals surface area contributed by atoms with E-state index in [4.69, 9.17) is 11.6 Å². The number of benzene rings is 3. The smallest absolute Gasteiger partial charge is 0.264 e. The zero-order chi connectivity index (χ0) is 26.6. The second kappa shape index (κ2) is 10.9. The summed E-state index contributed by atoms with van der Waals surface area (Å²) in [5, 5.41) is 4.87. The van der Waals surface area contributed by atoms with Crippen molar-refractivity contribution < 1.29 is 21.6 Å². The van der Waals surface area contributed by atoms with E-state index < -0.39 is 32.5 Å². The van der Waals surface area contributed by atoms with Gasteiger partial charge < -0.3 is 5.32 Å². The largest absolute Gasteiger partial charge is 0.325 e. The van der Waals surface area contributed by atoms with Gasteiger partial charge in [0.25, 0.3) is 20.0 Å². The number of carbonyl (C=O) groups is 1. The zero-order valence-corrected chi connectivity index (χ0v) is 22.5. The van der Waals surface area contributed by atoms with Crippen LogP contribution in [0, 0.1) is 6.92 Å². The van der Waals surface area contributed by atoms with Crippen LogP contribution in [0.3, 0.4) is 0 Å². The Balaban J connectivity index is 1.53. The fourth-order valence-corrected chi connectivity index (χ4v) is 6.59. The number of hydrogen-bond donors (Lipinski definition) is 2. The molecule has 192 valence electrons. The molecule has 0 saturated heterocycles. The molecule has 1 amide bonds. The van der Waals surface area contributed by atoms with Crippen LogP contribution in [0.4, 0.5) is 16.5 Å². The van der Waals surface area contributed by atoms with E-state index in [1.807, 2.05) is 6.92 Å². The van der Waals surface area contributed by atoms with Gasteiger partial charge >= 0.3 is 0 Å². The molecule has 0 spiro atoms. The molecule has 0 bridgehead atoms. The number of rotatable bonds is 9. The second-order valence-corrected chi connectivity index (χ2v) is 12.7. The molecular formula is C24H21ClN4O5S3. The first kappa shape index (κ1) is 26.6. The number of amides is 1. The molecule has 0 saturated carbocycles. The van der Waals surface area contributed by atoms with Gasteiger partial charge in [0.05, 0.1) is 15.5 Å². The fourth-order valence-electron chi connectivity index (χ4n) is 3.26. The van der Waals surface area contributed by atoms with Gasteiger partial charge in [0, 0.05) is 22.3 Å². The van der Waals surface area contributed by atoms with Gasteiger partial charge in [-0.3, -0.25) is 13.8 Å². The number of thiazole rings is 1. The van der Waals surface area contributed by atoms with Crippen LogP contribution >= 0.6 is 22.9 Å². The second-order valence-electron chi connectivity index (χ2n) is 7.82. The highest BCUT2D eigenvalue weighted by Gasteiger charge is 2.27. The van der Waals surface area contributed by atoms with E-state index in [0.717, 1.165) is 21.2 Å². The highest BCUT2D eigenvalue weighted by Crippen LogP contribution is 2.26. The van der Waals surface area contributed by atoms with Crippen molar-refractivity contribution in [2.45, 2.75) is 16.7 Å². The third-order valence-corrected chi connectivity index (χ3v) is 9.33. The van der Waals surface area contributed by atoms with Crippen LogP contribution in [0.25, 0.3) is 0 Å². The quantitative estimate of drug-likeness (QED) is 0.296. The van der Waals surface area contributed by atoms with Crippen molar-refractivity contribution in [2.75, 3.05) is 20.9 Å². The first-order valence-electron chi connectivity index (χ1n) is 10.7. The van der Waals surface area contributed by atoms with Crippen molar-refractivity contribution in [2.24, 2.45) is 0 Å². The number of nitrogens with one attached hydrogen (secondary N) is 2. The monoisotopic (exact) mass is 576 g/mol. The number of hydrogen-bond acceptors (Lipinski definition) is 7. The van der Waals surface area contributed by atoms with E-state index in [2.05, 4.69) is 15.0 Å². The van der Waals surface area contributed by atoms with E-state index in [-0.39, 0.29) is 14.9 Å². The molecule has 0 unspecified atom stereocenters. The SMILES string of the molecule is Cc1ccc(N(CC(=O)Nc2ccc(S(=O)(=O)Nc3nccs3)cc2)S(=O)(=O)c2ccc(Cl)cc2)cc1. The average Bonchev–Trinajstić information content (AvgIpc) is 3.36. The summed E-state index contributed by atoms with van der Waals surface area (Å²) in [6, 6.07) is 17.9. The molecule has 1 aromatic heterocycles. The van der Waals surface area contributed by atoms with Crippen molar-refractivity contribution in [3.63, 3.8) is 0 Å². The van der Waals surface area contributed by atoms with Crippen LogP contribution in [0.15, 0.2) is 94.2 Å². The minimum Gasteiger partial charge on any atom is -0.325 e. The highest BCUT2D eigenvalue weighted by atomic mass is 35.5. The Kier molecular flexibility index (Phi) is 7.83. The van der Waals surface area contributed by atoms with Crippen molar-refractivity contribution >= 4 is 65.4 Å². The zero-order valence-electron chi connectivity index (χ0n) is 19.3. The lowest BCUT2D eigenvalue weighted by Gasteiger charge is -2.24. The number of carbonyl (C=O) groups excluding carboxylic acids is 1. The van der Waals surface area contributed by atoms with Crippen LogP contribution in [0.5, 0.6) is 0 Å². The lowest BCUT2D eigenvalue weighted by atomic mass is 10.2. The molecule has 0 aliphatic heterocycles. The topological polar surface area (TPSA) is 126 Å². The Morgan fingerprint density at radius 2 is 1.54 bits per heavy atom. The molecule has 0 aliphatic rings. The van der Waals surface area contributed by atoms with Crippen molar-refractivity contribution in [3.8, 4) is 0 Å². The lowest BCUT2D eigenvalue weighted by Crippen LogP contribution is -2.38. The number of aryl methyl sites for hydroxylation is 1. The first-order chi connectivity index (χ1) is 17.5. The lowest BCUT2D eigenvalue weighted by molar-refractivity contribution is -0.114. The van der Waals surface area contributed by atoms with Gasteiger partial charge in [0.15, 0.2) is 5.13 Å². The van der Waals surface area contributed by atoms with Crippen molar-refractivity contribution in [1.82, 2.24) is 4.98 Å². The van der Waals surface area contributed by atoms with Crippen LogP contribution < -0.4 is 14.3 Å². The van der Waals surface area contributed by atoms with Gasteiger partial charge in [-0.2, -0.15) is 0 Å². The summed E-state index contributed by atoms with van der Waals surface area (Å²) in [5.74, 6) is -0.616. The summed E-state index contributed by atoms with van der Waals surface area (Å²) >= 11 is 7.05. The first-order valence-corrected chi connectivity index (χ1v) is 14.9. The van der Waals surface area contributed by atoms with Crippen molar-refractivity contribution in [3.05, 3.63) is 95.0 Å². The van der Waals surface area contributed by atoms with Crippen LogP contribution in [-0.4, -0.2) is 34.3 Å². The fraction of sp³-hybridized carbons (Fsp3) is 0.0833. The molecule has 0 atom stereocenters. The molecule has 9 nitrogen and oxygen atoms in total. The van der Waals surface area contributed by atoms with Gasteiger partial charge in [0.2, 0.25) is 5.91 Å². The number of aromatic nitrogens is 1. The summed E-state index contributed by atoms with van der Waals surface area (Å²) in [4.78, 5) is 16.8. The Morgan fingerprint density at radius 1 is 0.919 bits per heavy atom. The summed E-state index contributed by atoms with van der Waals surface area (Å²) in [6.45, 7) is 1.35. The van der Waals surface area contributed by atoms with E-state index in [1.54, 1.807) is 29.6 Å². The van der Waals surface area contributed by atoms with E-state index in [1.165, 1.54) is 54.7 Å². The standard InChI is InChI=1S/C24H21ClN4O5S3/c1-17-2-8-20(9-3-17)29(37(33,34)22-10-4-18(25)5-11-22)16-23(30)27-19-6-12-21(13-7-19)36(31,32)28-24-26-14-15-35-24/h2-15H,16H2,1H3,(H,26,28)(H,27,30). The Hall–Kier alpha value is -3.45. The van der Waals surface area contributed by atoms with E-state index >= 15 is 0 Å². The Morgan fingerprint density at radius 3 is 2.14 bits per heavy atom. The van der Waals surface area contributed by atoms with Crippen LogP contribution in [0.1, 0.15) is 5.56 Å². The van der Waals surface area contributed by atoms with E-state index in [9.17, 15) is 21.6 Å². The van der Waals surface area contributed by atoms with Gasteiger partial charge in [-0.15, -0.1) is 11.3 Å². The number of anilines is 3. The summed E-state index contributed by atoms with van der Waals surface area (Å²) < 4.78 is 55.2. The van der Waals surface area contributed by atoms with Crippen LogP contribution in [0.2, 0.25) is 5.02 Å². The van der Waals surface area contributed by atoms with Crippen molar-refractivity contribution in [1.29, 1.82) is 0 Å². The molecule has 3 aromatic carbocycles. The number of nitrogens with zero attached hydrogens (tertiary/aromatic N) is 2. The summed E-state index contributed by atoms with van der Waals surface area (Å²) in [7, 11) is -7.95. The maximum absolute atomic E-state index is 13.4. The van der Waals surface area contributed by atoms with Crippen LogP contribution in [-0.2, 0) is 24.8 Å².